The maximum Gasteiger partial charge on any atom is 0.419 e. The van der Waals surface area contributed by atoms with Crippen LogP contribution in [0.3, 0.4) is 0 Å². The summed E-state index contributed by atoms with van der Waals surface area (Å²) in [5, 5.41) is 15.4. The van der Waals surface area contributed by atoms with E-state index in [1.165, 1.54) is 4.57 Å². The first-order valence-electron chi connectivity index (χ1n) is 10.1. The van der Waals surface area contributed by atoms with Crippen molar-refractivity contribution >= 4 is 17.0 Å². The third-order valence-corrected chi connectivity index (χ3v) is 5.27. The quantitative estimate of drug-likeness (QED) is 0.633. The molecule has 1 saturated heterocycles. The van der Waals surface area contributed by atoms with Crippen LogP contribution in [0.2, 0.25) is 0 Å². The largest absolute Gasteiger partial charge is 0.419 e. The summed E-state index contributed by atoms with van der Waals surface area (Å²) in [7, 11) is 1.66. The number of hydrogen-bond acceptors (Lipinski definition) is 7. The lowest BCUT2D eigenvalue weighted by Crippen LogP contribution is -2.46. The molecule has 2 atom stereocenters. The number of carbonyl (C=O) groups is 1. The van der Waals surface area contributed by atoms with E-state index in [0.29, 0.717) is 29.9 Å². The molecule has 1 aliphatic rings. The summed E-state index contributed by atoms with van der Waals surface area (Å²) in [6.45, 7) is 1.76. The molecule has 1 amide bonds. The molecule has 1 aliphatic heterocycles. The summed E-state index contributed by atoms with van der Waals surface area (Å²) in [6.07, 6.45) is 2.26. The Morgan fingerprint density at radius 1 is 1.39 bits per heavy atom. The zero-order valence-corrected chi connectivity index (χ0v) is 17.1. The van der Waals surface area contributed by atoms with Crippen molar-refractivity contribution in [3.8, 4) is 17.2 Å². The van der Waals surface area contributed by atoms with Gasteiger partial charge < -0.3 is 19.8 Å². The van der Waals surface area contributed by atoms with Crippen molar-refractivity contribution < 1.29 is 13.9 Å². The van der Waals surface area contributed by atoms with Crippen LogP contribution < -0.4 is 16.4 Å². The van der Waals surface area contributed by atoms with E-state index in [4.69, 9.17) is 9.15 Å². The van der Waals surface area contributed by atoms with Gasteiger partial charge >= 0.3 is 5.76 Å². The summed E-state index contributed by atoms with van der Waals surface area (Å²) in [5.74, 6) is -0.702. The maximum atomic E-state index is 12.4. The van der Waals surface area contributed by atoms with Crippen LogP contribution in [-0.2, 0) is 23.0 Å². The first-order chi connectivity index (χ1) is 15.0. The minimum absolute atomic E-state index is 0.290. The number of fused-ring (bicyclic) bond motifs is 1. The van der Waals surface area contributed by atoms with Crippen molar-refractivity contribution in [2.75, 3.05) is 19.7 Å². The summed E-state index contributed by atoms with van der Waals surface area (Å²) in [4.78, 5) is 28.5. The van der Waals surface area contributed by atoms with Crippen LogP contribution in [-0.4, -0.2) is 47.3 Å². The van der Waals surface area contributed by atoms with Crippen LogP contribution in [0.1, 0.15) is 12.1 Å². The van der Waals surface area contributed by atoms with Gasteiger partial charge in [0.1, 0.15) is 12.1 Å². The van der Waals surface area contributed by atoms with Crippen molar-refractivity contribution in [2.45, 2.75) is 25.0 Å². The second-order valence-corrected chi connectivity index (χ2v) is 7.46. The zero-order valence-electron chi connectivity index (χ0n) is 17.1. The lowest BCUT2D eigenvalue weighted by atomic mass is 10.1. The number of nitrogens with zero attached hydrogens (tertiary/aromatic N) is 3. The molecule has 0 bridgehead atoms. The van der Waals surface area contributed by atoms with Gasteiger partial charge in [-0.15, -0.1) is 0 Å². The third kappa shape index (κ3) is 4.66. The number of oxazole rings is 1. The second-order valence-electron chi connectivity index (χ2n) is 7.46. The molecule has 1 aromatic carbocycles. The molecule has 3 heterocycles. The number of hydrogen-bond donors (Lipinski definition) is 2. The van der Waals surface area contributed by atoms with Gasteiger partial charge in [-0.1, -0.05) is 12.1 Å². The predicted molar refractivity (Wildman–Crippen MR) is 113 cm³/mol. The molecule has 9 nitrogen and oxygen atoms in total. The van der Waals surface area contributed by atoms with Crippen molar-refractivity contribution in [3.05, 3.63) is 52.8 Å². The first-order valence-corrected chi connectivity index (χ1v) is 10.1. The fraction of sp³-hybridized carbons (Fsp3) is 0.364. The molecular formula is C22H23N5O4. The molecule has 2 aromatic heterocycles. The Kier molecular flexibility index (Phi) is 6.11. The smallest absolute Gasteiger partial charge is 0.408 e. The van der Waals surface area contributed by atoms with E-state index in [9.17, 15) is 14.9 Å². The van der Waals surface area contributed by atoms with Gasteiger partial charge in [-0.2, -0.15) is 5.26 Å². The Morgan fingerprint density at radius 3 is 3.00 bits per heavy atom. The molecule has 160 valence electrons. The van der Waals surface area contributed by atoms with Crippen molar-refractivity contribution in [2.24, 2.45) is 7.05 Å². The SMILES string of the molecule is Cn1c(=O)oc2ccc(-c3ccc(CC(C#N)NC(=O)C4CNCCCO4)nc3)cc21. The first kappa shape index (κ1) is 20.8. The number of benzene rings is 1. The van der Waals surface area contributed by atoms with E-state index in [1.54, 1.807) is 19.3 Å². The fourth-order valence-electron chi connectivity index (χ4n) is 3.51. The van der Waals surface area contributed by atoms with Gasteiger partial charge in [-0.3, -0.25) is 14.3 Å². The van der Waals surface area contributed by atoms with Crippen LogP contribution >= 0.6 is 0 Å². The predicted octanol–water partition coefficient (Wildman–Crippen LogP) is 1.12. The molecule has 3 aromatic rings. The van der Waals surface area contributed by atoms with Crippen LogP contribution in [0.25, 0.3) is 22.2 Å². The van der Waals surface area contributed by atoms with Gasteiger partial charge in [0, 0.05) is 44.1 Å². The highest BCUT2D eigenvalue weighted by Gasteiger charge is 2.23. The van der Waals surface area contributed by atoms with Gasteiger partial charge in [-0.25, -0.2) is 4.79 Å². The van der Waals surface area contributed by atoms with E-state index in [2.05, 4.69) is 21.7 Å². The van der Waals surface area contributed by atoms with Gasteiger partial charge in [-0.05, 0) is 36.7 Å². The van der Waals surface area contributed by atoms with Crippen molar-refractivity contribution in [3.63, 3.8) is 0 Å². The second kappa shape index (κ2) is 9.12. The van der Waals surface area contributed by atoms with Crippen LogP contribution in [0.5, 0.6) is 0 Å². The third-order valence-electron chi connectivity index (χ3n) is 5.27. The van der Waals surface area contributed by atoms with E-state index < -0.39 is 17.9 Å². The summed E-state index contributed by atoms with van der Waals surface area (Å²) in [6, 6.07) is 10.6. The number of carbonyl (C=O) groups excluding carboxylic acids is 1. The lowest BCUT2D eigenvalue weighted by Gasteiger charge is -2.17. The zero-order chi connectivity index (χ0) is 21.8. The van der Waals surface area contributed by atoms with Gasteiger partial charge in [0.05, 0.1) is 11.6 Å². The van der Waals surface area contributed by atoms with Crippen molar-refractivity contribution in [1.29, 1.82) is 5.26 Å². The molecule has 0 spiro atoms. The highest BCUT2D eigenvalue weighted by atomic mass is 16.5. The molecule has 4 rings (SSSR count). The van der Waals surface area contributed by atoms with Crippen molar-refractivity contribution in [1.82, 2.24) is 20.2 Å². The molecule has 0 aliphatic carbocycles. The number of aromatic nitrogens is 2. The molecule has 31 heavy (non-hydrogen) atoms. The van der Waals surface area contributed by atoms with E-state index in [-0.39, 0.29) is 12.3 Å². The molecule has 0 radical (unpaired) electrons. The fourth-order valence-corrected chi connectivity index (χ4v) is 3.51. The minimum atomic E-state index is -0.700. The van der Waals surface area contributed by atoms with Gasteiger partial charge in [0.2, 0.25) is 0 Å². The van der Waals surface area contributed by atoms with Gasteiger partial charge in [0.15, 0.2) is 5.58 Å². The number of nitrogens with one attached hydrogen (secondary N) is 2. The topological polar surface area (TPSA) is 122 Å². The average Bonchev–Trinajstić information content (AvgIpc) is 2.96. The number of ether oxygens (including phenoxy) is 1. The Hall–Kier alpha value is -3.48. The molecule has 2 unspecified atom stereocenters. The summed E-state index contributed by atoms with van der Waals surface area (Å²) < 4.78 is 12.2. The van der Waals surface area contributed by atoms with Gasteiger partial charge in [0.25, 0.3) is 5.91 Å². The van der Waals surface area contributed by atoms with E-state index in [0.717, 1.165) is 24.1 Å². The average molecular weight is 421 g/mol. The van der Waals surface area contributed by atoms with E-state index in [1.807, 2.05) is 24.3 Å². The number of rotatable bonds is 5. The highest BCUT2D eigenvalue weighted by Crippen LogP contribution is 2.23. The normalized spacial score (nSPS) is 17.6. The standard InChI is InChI=1S/C22H23N5O4/c1-27-18-9-14(4-6-19(18)31-22(27)29)15-3-5-16(25-12-15)10-17(11-23)26-21(28)20-13-24-7-2-8-30-20/h3-6,9,12,17,20,24H,2,7-8,10,13H2,1H3,(H,26,28). The highest BCUT2D eigenvalue weighted by molar-refractivity contribution is 5.82. The number of nitriles is 1. The molecule has 2 N–H and O–H groups in total. The number of aryl methyl sites for hydroxylation is 1. The molecule has 9 heteroatoms. The maximum absolute atomic E-state index is 12.4. The Bertz CT molecular complexity index is 1170. The Labute approximate surface area is 178 Å². The number of pyridine rings is 1. The van der Waals surface area contributed by atoms with Crippen LogP contribution in [0, 0.1) is 11.3 Å². The minimum Gasteiger partial charge on any atom is -0.408 e. The Balaban J connectivity index is 1.43. The van der Waals surface area contributed by atoms with Crippen LogP contribution in [0.4, 0.5) is 0 Å². The summed E-state index contributed by atoms with van der Waals surface area (Å²) in [5.41, 5.74) is 3.68. The Morgan fingerprint density at radius 2 is 2.23 bits per heavy atom. The summed E-state index contributed by atoms with van der Waals surface area (Å²) >= 11 is 0. The number of amides is 1. The van der Waals surface area contributed by atoms with Crippen LogP contribution in [0.15, 0.2) is 45.7 Å². The van der Waals surface area contributed by atoms with E-state index >= 15 is 0 Å². The monoisotopic (exact) mass is 421 g/mol. The molecule has 0 saturated carbocycles. The molecular weight excluding hydrogens is 398 g/mol. The molecule has 1 fully saturated rings. The lowest BCUT2D eigenvalue weighted by molar-refractivity contribution is -0.132.